The normalized spacial score (nSPS) is 9.89. The van der Waals surface area contributed by atoms with E-state index in [-0.39, 0.29) is 35.5 Å². The molecule has 0 atom stereocenters. The van der Waals surface area contributed by atoms with Crippen molar-refractivity contribution in [3.63, 3.8) is 0 Å². The van der Waals surface area contributed by atoms with Gasteiger partial charge in [-0.3, -0.25) is 9.89 Å². The third-order valence-corrected chi connectivity index (χ3v) is 3.17. The zero-order valence-corrected chi connectivity index (χ0v) is 13.9. The van der Waals surface area contributed by atoms with E-state index in [1.54, 1.807) is 13.1 Å². The number of benzene rings is 1. The Morgan fingerprint density at radius 2 is 2.05 bits per heavy atom. The number of hydrogen-bond acceptors (Lipinski definition) is 4. The predicted octanol–water partition coefficient (Wildman–Crippen LogP) is -0.670. The molecule has 2 aromatic rings. The molecule has 0 aliphatic carbocycles. The van der Waals surface area contributed by atoms with Crippen LogP contribution in [-0.2, 0) is 7.05 Å². The van der Waals surface area contributed by atoms with Crippen LogP contribution in [0.5, 0.6) is 0 Å². The molecule has 1 amide bonds. The summed E-state index contributed by atoms with van der Waals surface area (Å²) in [5, 5.41) is 14.9. The molecule has 0 saturated carbocycles. The van der Waals surface area contributed by atoms with Crippen LogP contribution in [0.1, 0.15) is 21.5 Å². The number of amides is 1. The first-order chi connectivity index (χ1) is 8.50. The minimum Gasteiger partial charge on any atom is -0.320 e. The van der Waals surface area contributed by atoms with Crippen molar-refractivity contribution >= 4 is 23.5 Å². The van der Waals surface area contributed by atoms with Gasteiger partial charge in [0.15, 0.2) is 0 Å². The van der Waals surface area contributed by atoms with Gasteiger partial charge in [0, 0.05) is 5.56 Å². The second-order valence-corrected chi connectivity index (χ2v) is 4.27. The number of aromatic nitrogens is 4. The zero-order valence-electron chi connectivity index (χ0n) is 11.2. The number of halogens is 1. The molecule has 1 aromatic carbocycles. The van der Waals surface area contributed by atoms with E-state index in [1.165, 1.54) is 4.68 Å². The molecule has 94 valence electrons. The molecule has 19 heavy (non-hydrogen) atoms. The average molecular weight is 288 g/mol. The second-order valence-electron chi connectivity index (χ2n) is 3.89. The van der Waals surface area contributed by atoms with Gasteiger partial charge in [-0.2, -0.15) is 0 Å². The van der Waals surface area contributed by atoms with Crippen LogP contribution in [0.3, 0.4) is 0 Å². The Hall–Kier alpha value is -0.950. The fraction of sp³-hybridized carbons (Fsp3) is 0.273. The number of nitrogens with zero attached hydrogens (tertiary/aromatic N) is 5. The van der Waals surface area contributed by atoms with Crippen molar-refractivity contribution in [1.29, 1.82) is 0 Å². The summed E-state index contributed by atoms with van der Waals surface area (Å²) in [5.41, 5.74) is 2.24. The first kappa shape index (κ1) is 16.1. The maximum absolute atomic E-state index is 12.0. The second kappa shape index (κ2) is 6.47. The average Bonchev–Trinajstić information content (AvgIpc) is 2.72. The van der Waals surface area contributed by atoms with Crippen LogP contribution in [0.15, 0.2) is 12.1 Å². The van der Waals surface area contributed by atoms with E-state index in [1.807, 2.05) is 19.9 Å². The summed E-state index contributed by atoms with van der Waals surface area (Å²) in [6.07, 6.45) is 0. The van der Waals surface area contributed by atoms with Crippen LogP contribution in [0.4, 0.5) is 5.95 Å². The first-order valence-electron chi connectivity index (χ1n) is 5.25. The number of carbonyl (C=O) groups is 1. The van der Waals surface area contributed by atoms with Crippen LogP contribution < -0.4 is 29.6 Å². The Labute approximate surface area is 137 Å². The van der Waals surface area contributed by atoms with Crippen LogP contribution in [0.25, 0.3) is 5.32 Å². The Morgan fingerprint density at radius 3 is 2.63 bits per heavy atom. The molecule has 0 saturated heterocycles. The topological polar surface area (TPSA) is 74.8 Å². The third kappa shape index (κ3) is 3.33. The fourth-order valence-corrected chi connectivity index (χ4v) is 1.71. The summed E-state index contributed by atoms with van der Waals surface area (Å²) in [7, 11) is 1.61. The minimum atomic E-state index is -0.457. The molecule has 2 rings (SSSR count). The van der Waals surface area contributed by atoms with Crippen molar-refractivity contribution in [2.75, 3.05) is 0 Å². The van der Waals surface area contributed by atoms with E-state index in [0.717, 1.165) is 11.1 Å². The van der Waals surface area contributed by atoms with Gasteiger partial charge in [0.1, 0.15) is 0 Å². The number of aryl methyl sites for hydroxylation is 2. The van der Waals surface area contributed by atoms with Gasteiger partial charge in [-0.1, -0.05) is 17.7 Å². The molecule has 1 aromatic heterocycles. The number of rotatable bonds is 2. The minimum absolute atomic E-state index is 0. The SMILES string of the molecule is Cc1ccc(C(=O)[N-]c2nnnn2C)c(Cl)c1C.[Na+]. The maximum atomic E-state index is 12.0. The van der Waals surface area contributed by atoms with Crippen LogP contribution in [0, 0.1) is 13.8 Å². The standard InChI is InChI=1S/C11H12ClN5O.Na/c1-6-4-5-8(9(12)7(6)2)10(18)13-11-14-15-16-17(11)3;/h4-5H,1-3H3,(H,13,14,16,18);/q;+1/p-1. The molecular formula is C11H11ClN5NaO. The maximum Gasteiger partial charge on any atom is 1.00 e. The van der Waals surface area contributed by atoms with Gasteiger partial charge < -0.3 is 10.00 Å². The van der Waals surface area contributed by atoms with Crippen molar-refractivity contribution in [2.45, 2.75) is 13.8 Å². The summed E-state index contributed by atoms with van der Waals surface area (Å²) in [4.78, 5) is 12.0. The monoisotopic (exact) mass is 287 g/mol. The van der Waals surface area contributed by atoms with Crippen molar-refractivity contribution in [2.24, 2.45) is 7.05 Å². The molecule has 0 spiro atoms. The van der Waals surface area contributed by atoms with E-state index >= 15 is 0 Å². The van der Waals surface area contributed by atoms with Gasteiger partial charge in [-0.05, 0) is 38.1 Å². The van der Waals surface area contributed by atoms with Crippen LogP contribution in [-0.4, -0.2) is 26.1 Å². The van der Waals surface area contributed by atoms with Crippen molar-refractivity contribution in [3.8, 4) is 0 Å². The van der Waals surface area contributed by atoms with Crippen molar-refractivity contribution in [1.82, 2.24) is 20.2 Å². The van der Waals surface area contributed by atoms with E-state index in [2.05, 4.69) is 20.8 Å². The summed E-state index contributed by atoms with van der Waals surface area (Å²) in [6, 6.07) is 3.49. The number of carbonyl (C=O) groups excluding carboxylic acids is 1. The van der Waals surface area contributed by atoms with Gasteiger partial charge in [0.05, 0.1) is 11.0 Å². The smallest absolute Gasteiger partial charge is 0.320 e. The molecule has 0 radical (unpaired) electrons. The van der Waals surface area contributed by atoms with Crippen molar-refractivity contribution in [3.05, 3.63) is 39.2 Å². The summed E-state index contributed by atoms with van der Waals surface area (Å²) < 4.78 is 1.31. The van der Waals surface area contributed by atoms with Gasteiger partial charge in [-0.25, -0.2) is 0 Å². The van der Waals surface area contributed by atoms with E-state index in [0.29, 0.717) is 10.6 Å². The van der Waals surface area contributed by atoms with E-state index < -0.39 is 5.91 Å². The van der Waals surface area contributed by atoms with Gasteiger partial charge in [0.25, 0.3) is 0 Å². The molecule has 0 fully saturated rings. The molecule has 0 bridgehead atoms. The fourth-order valence-electron chi connectivity index (χ4n) is 1.42. The molecule has 6 nitrogen and oxygen atoms in total. The van der Waals surface area contributed by atoms with Crippen LogP contribution in [0.2, 0.25) is 5.02 Å². The zero-order chi connectivity index (χ0) is 13.3. The summed E-state index contributed by atoms with van der Waals surface area (Å²) in [6.45, 7) is 3.79. The van der Waals surface area contributed by atoms with Gasteiger partial charge in [0.2, 0.25) is 5.91 Å². The molecule has 0 unspecified atom stereocenters. The van der Waals surface area contributed by atoms with Crippen LogP contribution >= 0.6 is 11.6 Å². The number of hydrogen-bond donors (Lipinski definition) is 0. The predicted molar refractivity (Wildman–Crippen MR) is 67.1 cm³/mol. The Kier molecular flexibility index (Phi) is 5.49. The quantitative estimate of drug-likeness (QED) is 0.687. The molecule has 8 heteroatoms. The van der Waals surface area contributed by atoms with Gasteiger partial charge in [-0.15, -0.1) is 10.4 Å². The molecule has 0 aliphatic rings. The van der Waals surface area contributed by atoms with E-state index in [9.17, 15) is 4.79 Å². The molecular weight excluding hydrogens is 277 g/mol. The Morgan fingerprint density at radius 1 is 1.37 bits per heavy atom. The molecule has 0 aliphatic heterocycles. The van der Waals surface area contributed by atoms with Crippen molar-refractivity contribution < 1.29 is 34.4 Å². The van der Waals surface area contributed by atoms with Gasteiger partial charge >= 0.3 is 29.6 Å². The first-order valence-corrected chi connectivity index (χ1v) is 5.62. The third-order valence-electron chi connectivity index (χ3n) is 2.69. The molecule has 1 heterocycles. The number of tetrazole rings is 1. The molecule has 0 N–H and O–H groups in total. The Bertz CT molecular complexity index is 613. The largest absolute Gasteiger partial charge is 1.00 e. The Balaban J connectivity index is 0.00000180. The summed E-state index contributed by atoms with van der Waals surface area (Å²) >= 11 is 6.13. The summed E-state index contributed by atoms with van der Waals surface area (Å²) in [5.74, 6) is -0.310. The van der Waals surface area contributed by atoms with E-state index in [4.69, 9.17) is 11.6 Å².